The fourth-order valence-electron chi connectivity index (χ4n) is 2.83. The van der Waals surface area contributed by atoms with Crippen molar-refractivity contribution in [1.29, 1.82) is 0 Å². The van der Waals surface area contributed by atoms with E-state index in [-0.39, 0.29) is 31.4 Å². The van der Waals surface area contributed by atoms with Crippen molar-refractivity contribution in [3.8, 4) is 0 Å². The van der Waals surface area contributed by atoms with Gasteiger partial charge in [-0.1, -0.05) is 6.92 Å². The van der Waals surface area contributed by atoms with Gasteiger partial charge in [-0.15, -0.1) is 0 Å². The van der Waals surface area contributed by atoms with Crippen LogP contribution in [-0.2, 0) is 9.59 Å². The van der Waals surface area contributed by atoms with Crippen molar-refractivity contribution in [2.75, 3.05) is 13.2 Å². The summed E-state index contributed by atoms with van der Waals surface area (Å²) in [5.74, 6) is -1.14. The zero-order valence-corrected chi connectivity index (χ0v) is 15.8. The minimum absolute atomic E-state index is 0.0583. The van der Waals surface area contributed by atoms with E-state index in [9.17, 15) is 19.5 Å². The van der Waals surface area contributed by atoms with Crippen LogP contribution >= 0.6 is 0 Å². The standard InChI is InChI=1S/C19H24N2O7/c1-3-19(18(27)28,10-9-16(24)25)21(4-2)17(26)13-5-7-14(8-6-13)20-11-15(23)12-22/h5-8,22-23H,3-4,9-10,12H2,1-2H3,(H,24,25)(H,27,28)/t19-/m0/s1. The van der Waals surface area contributed by atoms with E-state index in [2.05, 4.69) is 10.9 Å². The molecule has 152 valence electrons. The Morgan fingerprint density at radius 2 is 1.71 bits per heavy atom. The molecule has 0 aliphatic carbocycles. The number of hydrogen-bond acceptors (Lipinski definition) is 6. The lowest BCUT2D eigenvalue weighted by atomic mass is 9.87. The fraction of sp³-hybridized carbons (Fsp3) is 0.421. The van der Waals surface area contributed by atoms with Crippen molar-refractivity contribution in [3.63, 3.8) is 0 Å². The number of likely N-dealkylation sites (N-methyl/N-ethyl adjacent to an activating group) is 1. The molecule has 0 aliphatic heterocycles. The van der Waals surface area contributed by atoms with Crippen LogP contribution in [0.3, 0.4) is 0 Å². The lowest BCUT2D eigenvalue weighted by molar-refractivity contribution is -0.151. The third-order valence-corrected chi connectivity index (χ3v) is 4.39. The first-order valence-electron chi connectivity index (χ1n) is 8.71. The zero-order valence-electron chi connectivity index (χ0n) is 15.8. The number of carbonyl (C=O) groups is 3. The lowest BCUT2D eigenvalue weighted by Gasteiger charge is -2.39. The van der Waals surface area contributed by atoms with E-state index >= 15 is 0 Å². The second kappa shape index (κ2) is 10.2. The Hall–Kier alpha value is -3.16. The van der Waals surface area contributed by atoms with Gasteiger partial charge in [0.1, 0.15) is 12.1 Å². The van der Waals surface area contributed by atoms with E-state index in [0.29, 0.717) is 5.69 Å². The Morgan fingerprint density at radius 1 is 1.11 bits per heavy atom. The molecule has 0 aromatic heterocycles. The number of amides is 1. The monoisotopic (exact) mass is 392 g/mol. The van der Waals surface area contributed by atoms with E-state index in [1.807, 2.05) is 0 Å². The molecule has 9 nitrogen and oxygen atoms in total. The lowest BCUT2D eigenvalue weighted by Crippen LogP contribution is -2.57. The average molecular weight is 392 g/mol. The van der Waals surface area contributed by atoms with Crippen LogP contribution in [-0.4, -0.2) is 67.7 Å². The topological polar surface area (TPSA) is 148 Å². The van der Waals surface area contributed by atoms with Crippen molar-refractivity contribution in [3.05, 3.63) is 35.6 Å². The minimum atomic E-state index is -1.63. The Morgan fingerprint density at radius 3 is 2.14 bits per heavy atom. The van der Waals surface area contributed by atoms with Gasteiger partial charge in [0, 0.05) is 24.4 Å². The Kier molecular flexibility index (Phi) is 8.37. The molecule has 1 aromatic carbocycles. The summed E-state index contributed by atoms with van der Waals surface area (Å²) in [4.78, 5) is 40.9. The number of aliphatic carboxylic acids is 2. The van der Waals surface area contributed by atoms with Gasteiger partial charge in [-0.05, 0) is 44.0 Å². The molecule has 0 saturated carbocycles. The number of rotatable bonds is 10. The summed E-state index contributed by atoms with van der Waals surface area (Å²) in [5.41, 5.74) is -1.05. The van der Waals surface area contributed by atoms with Gasteiger partial charge in [0.25, 0.3) is 5.91 Å². The van der Waals surface area contributed by atoms with E-state index in [0.717, 1.165) is 0 Å². The van der Waals surface area contributed by atoms with Crippen LogP contribution in [0.2, 0.25) is 0 Å². The molecule has 0 bridgehead atoms. The summed E-state index contributed by atoms with van der Waals surface area (Å²) in [7, 11) is 0. The second-order valence-electron chi connectivity index (χ2n) is 6.01. The van der Waals surface area contributed by atoms with Crippen LogP contribution in [0.15, 0.2) is 35.0 Å². The maximum Gasteiger partial charge on any atom is 0.329 e. The Balaban J connectivity index is 3.22. The van der Waals surface area contributed by atoms with E-state index < -0.39 is 35.8 Å². The van der Waals surface area contributed by atoms with E-state index in [1.54, 1.807) is 13.8 Å². The van der Waals surface area contributed by atoms with Crippen LogP contribution in [0.1, 0.15) is 43.5 Å². The van der Waals surface area contributed by atoms with Crippen LogP contribution in [0.5, 0.6) is 0 Å². The molecular weight excluding hydrogens is 368 g/mol. The minimum Gasteiger partial charge on any atom is -0.501 e. The number of aliphatic hydroxyl groups is 2. The van der Waals surface area contributed by atoms with Crippen LogP contribution in [0.25, 0.3) is 0 Å². The average Bonchev–Trinajstić information content (AvgIpc) is 2.68. The van der Waals surface area contributed by atoms with Crippen LogP contribution in [0.4, 0.5) is 5.69 Å². The first-order chi connectivity index (χ1) is 13.2. The molecule has 1 rings (SSSR count). The van der Waals surface area contributed by atoms with Crippen molar-refractivity contribution < 1.29 is 34.8 Å². The number of carbonyl (C=O) groups excluding carboxylic acids is 1. The quantitative estimate of drug-likeness (QED) is 0.351. The summed E-state index contributed by atoms with van der Waals surface area (Å²) in [5, 5.41) is 36.5. The van der Waals surface area contributed by atoms with Gasteiger partial charge in [0.05, 0.1) is 5.69 Å². The summed E-state index contributed by atoms with van der Waals surface area (Å²) in [6.45, 7) is 2.72. The van der Waals surface area contributed by atoms with Gasteiger partial charge >= 0.3 is 11.9 Å². The van der Waals surface area contributed by atoms with Gasteiger partial charge < -0.3 is 25.3 Å². The summed E-state index contributed by atoms with van der Waals surface area (Å²) in [6.07, 6.45) is -0.525. The highest BCUT2D eigenvalue weighted by Crippen LogP contribution is 2.28. The molecule has 0 fully saturated rings. The molecule has 1 aromatic rings. The van der Waals surface area contributed by atoms with E-state index in [1.165, 1.54) is 29.2 Å². The zero-order chi connectivity index (χ0) is 21.3. The summed E-state index contributed by atoms with van der Waals surface area (Å²) < 4.78 is 0. The number of nitrogens with zero attached hydrogens (tertiary/aromatic N) is 2. The Bertz CT molecular complexity index is 782. The maximum absolute atomic E-state index is 12.9. The van der Waals surface area contributed by atoms with Crippen LogP contribution < -0.4 is 0 Å². The molecule has 0 saturated heterocycles. The van der Waals surface area contributed by atoms with Gasteiger partial charge in [-0.25, -0.2) is 9.79 Å². The molecule has 0 radical (unpaired) electrons. The first-order valence-corrected chi connectivity index (χ1v) is 8.71. The van der Waals surface area contributed by atoms with E-state index in [4.69, 9.17) is 15.3 Å². The smallest absolute Gasteiger partial charge is 0.329 e. The molecule has 0 heterocycles. The number of hydrogen-bond donors (Lipinski definition) is 4. The van der Waals surface area contributed by atoms with Gasteiger partial charge in [0.15, 0.2) is 5.76 Å². The third kappa shape index (κ3) is 5.42. The van der Waals surface area contributed by atoms with Crippen LogP contribution in [0, 0.1) is 0 Å². The highest BCUT2D eigenvalue weighted by Gasteiger charge is 2.44. The SMILES string of the molecule is CCN(C(=O)c1ccc(N=C=C(O)CO)cc1)[C@@](CC)(CCC(=O)O)C(=O)O. The van der Waals surface area contributed by atoms with Crippen molar-refractivity contribution >= 4 is 29.4 Å². The predicted molar refractivity (Wildman–Crippen MR) is 101 cm³/mol. The second-order valence-corrected chi connectivity index (χ2v) is 6.01. The summed E-state index contributed by atoms with van der Waals surface area (Å²) >= 11 is 0. The predicted octanol–water partition coefficient (Wildman–Crippen LogP) is 1.98. The van der Waals surface area contributed by atoms with Gasteiger partial charge in [-0.3, -0.25) is 9.59 Å². The summed E-state index contributed by atoms with van der Waals surface area (Å²) in [6, 6.07) is 5.84. The molecule has 0 aliphatic rings. The Labute approximate surface area is 162 Å². The van der Waals surface area contributed by atoms with Crippen molar-refractivity contribution in [2.45, 2.75) is 38.6 Å². The molecule has 1 atom stereocenters. The fourth-order valence-corrected chi connectivity index (χ4v) is 2.83. The normalized spacial score (nSPS) is 12.4. The maximum atomic E-state index is 12.9. The largest absolute Gasteiger partial charge is 0.501 e. The van der Waals surface area contributed by atoms with Crippen molar-refractivity contribution in [2.24, 2.45) is 4.99 Å². The molecule has 0 unspecified atom stereocenters. The molecule has 9 heteroatoms. The third-order valence-electron chi connectivity index (χ3n) is 4.39. The number of aliphatic imine (C=N–C) groups is 1. The first kappa shape index (κ1) is 22.9. The van der Waals surface area contributed by atoms with Crippen molar-refractivity contribution in [1.82, 2.24) is 4.90 Å². The number of aliphatic hydroxyl groups excluding tert-OH is 2. The highest BCUT2D eigenvalue weighted by molar-refractivity contribution is 5.98. The highest BCUT2D eigenvalue weighted by atomic mass is 16.4. The molecular formula is C19H24N2O7. The number of carboxylic acid groups (broad SMARTS) is 2. The number of benzene rings is 1. The molecule has 4 N–H and O–H groups in total. The van der Waals surface area contributed by atoms with Gasteiger partial charge in [-0.2, -0.15) is 0 Å². The number of carboxylic acids is 2. The molecule has 28 heavy (non-hydrogen) atoms. The molecule has 1 amide bonds. The molecule has 0 spiro atoms. The van der Waals surface area contributed by atoms with Gasteiger partial charge in [0.2, 0.25) is 0 Å².